The molecule has 35 heavy (non-hydrogen) atoms. The summed E-state index contributed by atoms with van der Waals surface area (Å²) in [6.45, 7) is 0. The van der Waals surface area contributed by atoms with Gasteiger partial charge < -0.3 is 16.0 Å². The Morgan fingerprint density at radius 1 is 0.829 bits per heavy atom. The minimum Gasteiger partial charge on any atom is -0.320 e. The van der Waals surface area contributed by atoms with Crippen LogP contribution in [-0.4, -0.2) is 31.7 Å². The molecule has 0 fully saturated rings. The molecule has 5 rings (SSSR count). The van der Waals surface area contributed by atoms with Crippen molar-refractivity contribution in [1.82, 2.24) is 19.7 Å². The molecule has 0 aliphatic rings. The van der Waals surface area contributed by atoms with Gasteiger partial charge in [0.25, 0.3) is 5.91 Å². The maximum atomic E-state index is 12.9. The zero-order chi connectivity index (χ0) is 24.2. The summed E-state index contributed by atoms with van der Waals surface area (Å²) in [6.07, 6.45) is 6.42. The van der Waals surface area contributed by atoms with Crippen molar-refractivity contribution in [3.8, 4) is 5.69 Å². The van der Waals surface area contributed by atoms with E-state index in [0.29, 0.717) is 44.4 Å². The lowest BCUT2D eigenvalue weighted by Crippen LogP contribution is -2.19. The number of para-hydroxylation sites is 1. The van der Waals surface area contributed by atoms with Crippen LogP contribution in [0.5, 0.6) is 0 Å². The second-order valence-electron chi connectivity index (χ2n) is 7.47. The minimum atomic E-state index is -0.455. The monoisotopic (exact) mass is 483 g/mol. The summed E-state index contributed by atoms with van der Waals surface area (Å²) in [7, 11) is 0. The number of carbonyl (C=O) groups is 2. The third-order valence-corrected chi connectivity index (χ3v) is 5.41. The molecular formula is C25H18ClN7O2. The summed E-state index contributed by atoms with van der Waals surface area (Å²) < 4.78 is 1.56. The molecule has 3 aromatic heterocycles. The van der Waals surface area contributed by atoms with E-state index in [1.54, 1.807) is 83.9 Å². The van der Waals surface area contributed by atoms with E-state index >= 15 is 0 Å². The Hall–Kier alpha value is -4.76. The fraction of sp³-hybridized carbons (Fsp3) is 0. The van der Waals surface area contributed by atoms with Gasteiger partial charge in [0, 0.05) is 18.0 Å². The number of aromatic nitrogens is 4. The number of amides is 3. The van der Waals surface area contributed by atoms with Crippen LogP contribution >= 0.6 is 11.6 Å². The van der Waals surface area contributed by atoms with Crippen molar-refractivity contribution in [3.05, 3.63) is 102 Å². The Labute approximate surface area is 204 Å². The summed E-state index contributed by atoms with van der Waals surface area (Å²) in [6, 6.07) is 18.8. The van der Waals surface area contributed by atoms with Gasteiger partial charge in [-0.05, 0) is 48.5 Å². The number of rotatable bonds is 5. The number of nitrogens with one attached hydrogen (secondary N) is 3. The van der Waals surface area contributed by atoms with Crippen molar-refractivity contribution in [2.75, 3.05) is 16.0 Å². The maximum Gasteiger partial charge on any atom is 0.323 e. The Bertz CT molecular complexity index is 1540. The number of pyridine rings is 2. The second-order valence-corrected chi connectivity index (χ2v) is 7.87. The van der Waals surface area contributed by atoms with Crippen LogP contribution in [0.3, 0.4) is 0 Å². The second kappa shape index (κ2) is 9.62. The molecule has 0 saturated heterocycles. The summed E-state index contributed by atoms with van der Waals surface area (Å²) in [4.78, 5) is 33.8. The predicted molar refractivity (Wildman–Crippen MR) is 135 cm³/mol. The van der Waals surface area contributed by atoms with Gasteiger partial charge in [-0.15, -0.1) is 0 Å². The number of halogens is 1. The molecule has 0 aliphatic carbocycles. The van der Waals surface area contributed by atoms with Crippen molar-refractivity contribution < 1.29 is 9.59 Å². The number of benzene rings is 2. The number of nitrogens with zero attached hydrogens (tertiary/aromatic N) is 4. The van der Waals surface area contributed by atoms with Crippen LogP contribution < -0.4 is 16.0 Å². The highest BCUT2D eigenvalue weighted by molar-refractivity contribution is 6.33. The lowest BCUT2D eigenvalue weighted by Gasteiger charge is -2.09. The van der Waals surface area contributed by atoms with Gasteiger partial charge in [-0.3, -0.25) is 14.8 Å². The zero-order valence-electron chi connectivity index (χ0n) is 18.1. The third kappa shape index (κ3) is 4.94. The van der Waals surface area contributed by atoms with Crippen LogP contribution in [0.1, 0.15) is 10.4 Å². The van der Waals surface area contributed by atoms with Crippen molar-refractivity contribution >= 4 is 51.6 Å². The molecule has 0 radical (unpaired) electrons. The Kier molecular flexibility index (Phi) is 6.06. The molecule has 3 amide bonds. The molecule has 10 heteroatoms. The fourth-order valence-corrected chi connectivity index (χ4v) is 3.62. The van der Waals surface area contributed by atoms with E-state index in [2.05, 4.69) is 31.0 Å². The van der Waals surface area contributed by atoms with Gasteiger partial charge in [0.2, 0.25) is 0 Å². The van der Waals surface area contributed by atoms with Gasteiger partial charge in [-0.25, -0.2) is 9.48 Å². The quantitative estimate of drug-likeness (QED) is 0.311. The molecule has 3 heterocycles. The molecule has 5 aromatic rings. The summed E-state index contributed by atoms with van der Waals surface area (Å²) in [5.74, 6) is -0.297. The number of carbonyl (C=O) groups excluding carboxylic acids is 2. The molecule has 9 nitrogen and oxygen atoms in total. The highest BCUT2D eigenvalue weighted by Crippen LogP contribution is 2.22. The summed E-state index contributed by atoms with van der Waals surface area (Å²) >= 11 is 6.08. The Morgan fingerprint density at radius 3 is 2.60 bits per heavy atom. The third-order valence-electron chi connectivity index (χ3n) is 5.08. The molecule has 0 spiro atoms. The Morgan fingerprint density at radius 2 is 1.71 bits per heavy atom. The lowest BCUT2D eigenvalue weighted by atomic mass is 10.2. The van der Waals surface area contributed by atoms with Gasteiger partial charge in [0.15, 0.2) is 0 Å². The summed E-state index contributed by atoms with van der Waals surface area (Å²) in [5.41, 5.74) is 3.92. The van der Waals surface area contributed by atoms with Crippen molar-refractivity contribution in [3.63, 3.8) is 0 Å². The average Bonchev–Trinajstić information content (AvgIpc) is 3.34. The first kappa shape index (κ1) is 22.1. The van der Waals surface area contributed by atoms with E-state index in [4.69, 9.17) is 11.6 Å². The van der Waals surface area contributed by atoms with E-state index in [1.807, 2.05) is 6.07 Å². The smallest absolute Gasteiger partial charge is 0.320 e. The first-order chi connectivity index (χ1) is 17.1. The van der Waals surface area contributed by atoms with Crippen LogP contribution in [-0.2, 0) is 0 Å². The average molecular weight is 484 g/mol. The lowest BCUT2D eigenvalue weighted by molar-refractivity contribution is 0.102. The number of urea groups is 1. The largest absolute Gasteiger partial charge is 0.323 e. The van der Waals surface area contributed by atoms with Crippen LogP contribution in [0, 0.1) is 0 Å². The van der Waals surface area contributed by atoms with Gasteiger partial charge in [-0.1, -0.05) is 29.8 Å². The van der Waals surface area contributed by atoms with E-state index in [-0.39, 0.29) is 5.91 Å². The number of fused-ring (bicyclic) bond motifs is 1. The molecule has 0 saturated carbocycles. The number of hydrogen-bond acceptors (Lipinski definition) is 5. The molecule has 172 valence electrons. The first-order valence-corrected chi connectivity index (χ1v) is 10.9. The van der Waals surface area contributed by atoms with Crippen LogP contribution in [0.4, 0.5) is 21.9 Å². The van der Waals surface area contributed by atoms with E-state index in [1.165, 1.54) is 6.20 Å². The molecule has 0 unspecified atom stereocenters. The van der Waals surface area contributed by atoms with Crippen molar-refractivity contribution in [1.29, 1.82) is 0 Å². The highest BCUT2D eigenvalue weighted by Gasteiger charge is 2.12. The number of anilines is 3. The van der Waals surface area contributed by atoms with Gasteiger partial charge >= 0.3 is 6.03 Å². The van der Waals surface area contributed by atoms with Crippen LogP contribution in [0.25, 0.3) is 16.7 Å². The van der Waals surface area contributed by atoms with Crippen molar-refractivity contribution in [2.24, 2.45) is 0 Å². The molecule has 0 aliphatic heterocycles. The van der Waals surface area contributed by atoms with Gasteiger partial charge in [0.05, 0.1) is 45.7 Å². The minimum absolute atomic E-state index is 0.297. The highest BCUT2D eigenvalue weighted by atomic mass is 35.5. The fourth-order valence-electron chi connectivity index (χ4n) is 3.44. The van der Waals surface area contributed by atoms with Gasteiger partial charge in [-0.2, -0.15) is 5.10 Å². The molecule has 3 N–H and O–H groups in total. The summed E-state index contributed by atoms with van der Waals surface area (Å²) in [5, 5.41) is 13.0. The molecule has 0 bridgehead atoms. The maximum absolute atomic E-state index is 12.9. The SMILES string of the molecule is O=C(Nc1cnn(-c2cccc(C(=O)Nc3ccnc4cccnc34)c2)c1)Nc1ccccc1Cl. The van der Waals surface area contributed by atoms with Crippen LogP contribution in [0.15, 0.2) is 91.5 Å². The topological polar surface area (TPSA) is 114 Å². The Balaban J connectivity index is 1.30. The normalized spacial score (nSPS) is 10.7. The first-order valence-electron chi connectivity index (χ1n) is 10.6. The van der Waals surface area contributed by atoms with Gasteiger partial charge in [0.1, 0.15) is 5.52 Å². The van der Waals surface area contributed by atoms with Crippen molar-refractivity contribution in [2.45, 2.75) is 0 Å². The molecular weight excluding hydrogens is 466 g/mol. The van der Waals surface area contributed by atoms with Crippen LogP contribution in [0.2, 0.25) is 5.02 Å². The number of hydrogen-bond donors (Lipinski definition) is 3. The standard InChI is InChI=1S/C25H18ClN7O2/c26-19-7-1-2-8-20(19)32-25(35)30-17-14-29-33(15-17)18-6-3-5-16(13-18)24(34)31-22-10-12-27-21-9-4-11-28-23(21)22/h1-15H,(H,27,31,34)(H2,30,32,35). The van der Waals surface area contributed by atoms with E-state index in [9.17, 15) is 9.59 Å². The molecule has 2 aromatic carbocycles. The van der Waals surface area contributed by atoms with E-state index < -0.39 is 6.03 Å². The molecule has 0 atom stereocenters. The predicted octanol–water partition coefficient (Wildman–Crippen LogP) is 5.37. The van der Waals surface area contributed by atoms with E-state index in [0.717, 1.165) is 0 Å². The zero-order valence-corrected chi connectivity index (χ0v) is 18.9.